The molecule has 0 bridgehead atoms. The van der Waals surface area contributed by atoms with Crippen molar-refractivity contribution in [3.8, 4) is 0 Å². The van der Waals surface area contributed by atoms with Crippen molar-refractivity contribution in [2.24, 2.45) is 5.41 Å². The molecule has 2 aromatic heterocycles. The fourth-order valence-corrected chi connectivity index (χ4v) is 4.30. The Morgan fingerprint density at radius 1 is 1.35 bits per heavy atom. The Morgan fingerprint density at radius 2 is 2.10 bits per heavy atom. The van der Waals surface area contributed by atoms with Crippen LogP contribution >= 0.6 is 0 Å². The Morgan fingerprint density at radius 3 is 2.74 bits per heavy atom. The maximum Gasteiger partial charge on any atom is 0.416 e. The third-order valence-electron chi connectivity index (χ3n) is 6.05. The summed E-state index contributed by atoms with van der Waals surface area (Å²) in [7, 11) is 0. The fraction of sp³-hybridized carbons (Fsp3) is 0.600. The van der Waals surface area contributed by atoms with Gasteiger partial charge < -0.3 is 19.5 Å². The van der Waals surface area contributed by atoms with E-state index in [1.165, 1.54) is 6.20 Å². The third kappa shape index (κ3) is 4.91. The minimum atomic E-state index is -4.38. The summed E-state index contributed by atoms with van der Waals surface area (Å²) in [5.74, 6) is 1.17. The molecular formula is C20H24F3N5O3. The molecule has 8 nitrogen and oxygen atoms in total. The van der Waals surface area contributed by atoms with E-state index in [1.54, 1.807) is 0 Å². The molecule has 168 valence electrons. The number of hydrogen-bond donors (Lipinski definition) is 1. The van der Waals surface area contributed by atoms with Gasteiger partial charge in [0, 0.05) is 31.7 Å². The van der Waals surface area contributed by atoms with Gasteiger partial charge in [-0.15, -0.1) is 0 Å². The lowest BCUT2D eigenvalue weighted by atomic mass is 9.60. The molecule has 31 heavy (non-hydrogen) atoms. The van der Waals surface area contributed by atoms with Crippen molar-refractivity contribution in [2.45, 2.75) is 57.9 Å². The lowest BCUT2D eigenvalue weighted by molar-refractivity contribution is -0.137. The van der Waals surface area contributed by atoms with Crippen LogP contribution < -0.4 is 10.2 Å². The number of alkyl halides is 3. The molecule has 1 spiro atoms. The molecule has 0 aromatic carbocycles. The SMILES string of the molecule is CCc1noc(COC(=O)NC2CC3(CCN(c4cc(C(F)(F)F)ccn4)CC3)C2)n1. The number of rotatable bonds is 5. The highest BCUT2D eigenvalue weighted by Crippen LogP contribution is 2.49. The smallest absolute Gasteiger partial charge is 0.416 e. The Kier molecular flexibility index (Phi) is 5.76. The molecule has 4 rings (SSSR count). The van der Waals surface area contributed by atoms with Gasteiger partial charge in [-0.3, -0.25) is 0 Å². The summed E-state index contributed by atoms with van der Waals surface area (Å²) in [5.41, 5.74) is -0.575. The number of hydrogen-bond acceptors (Lipinski definition) is 7. The van der Waals surface area contributed by atoms with Crippen molar-refractivity contribution >= 4 is 11.9 Å². The number of alkyl carbamates (subject to hydrolysis) is 1. The van der Waals surface area contributed by atoms with Crippen LogP contribution in [-0.4, -0.2) is 40.3 Å². The summed E-state index contributed by atoms with van der Waals surface area (Å²) in [5, 5.41) is 6.58. The van der Waals surface area contributed by atoms with Gasteiger partial charge in [-0.1, -0.05) is 12.1 Å². The number of amides is 1. The maximum atomic E-state index is 12.9. The van der Waals surface area contributed by atoms with Gasteiger partial charge >= 0.3 is 12.3 Å². The number of aromatic nitrogens is 3. The van der Waals surface area contributed by atoms with Gasteiger partial charge in [0.1, 0.15) is 5.82 Å². The van der Waals surface area contributed by atoms with E-state index in [0.29, 0.717) is 31.2 Å². The molecule has 0 unspecified atom stereocenters. The average molecular weight is 439 g/mol. The Hall–Kier alpha value is -2.85. The number of halogens is 3. The number of anilines is 1. The van der Waals surface area contributed by atoms with E-state index in [2.05, 4.69) is 20.4 Å². The number of pyridine rings is 1. The first kappa shape index (κ1) is 21.4. The summed E-state index contributed by atoms with van der Waals surface area (Å²) < 4.78 is 48.9. The number of nitrogens with zero attached hydrogens (tertiary/aromatic N) is 4. The molecule has 0 atom stereocenters. The van der Waals surface area contributed by atoms with Crippen LogP contribution in [0.25, 0.3) is 0 Å². The topological polar surface area (TPSA) is 93.4 Å². The van der Waals surface area contributed by atoms with Crippen molar-refractivity contribution in [3.63, 3.8) is 0 Å². The van der Waals surface area contributed by atoms with Crippen molar-refractivity contribution in [1.82, 2.24) is 20.4 Å². The number of nitrogens with one attached hydrogen (secondary N) is 1. The maximum absolute atomic E-state index is 12.9. The van der Waals surface area contributed by atoms with Gasteiger partial charge in [0.2, 0.25) is 0 Å². The average Bonchev–Trinajstić information content (AvgIpc) is 3.19. The van der Waals surface area contributed by atoms with Crippen LogP contribution in [0.4, 0.5) is 23.8 Å². The van der Waals surface area contributed by atoms with Gasteiger partial charge in [0.25, 0.3) is 5.89 Å². The number of carbonyl (C=O) groups is 1. The summed E-state index contributed by atoms with van der Waals surface area (Å²) in [6, 6.07) is 2.11. The minimum absolute atomic E-state index is 0.0274. The fourth-order valence-electron chi connectivity index (χ4n) is 4.30. The largest absolute Gasteiger partial charge is 0.439 e. The highest BCUT2D eigenvalue weighted by atomic mass is 19.4. The summed E-state index contributed by atoms with van der Waals surface area (Å²) in [6.07, 6.45) is 0.286. The highest BCUT2D eigenvalue weighted by molar-refractivity contribution is 5.67. The molecule has 1 saturated carbocycles. The van der Waals surface area contributed by atoms with E-state index >= 15 is 0 Å². The van der Waals surface area contributed by atoms with Crippen molar-refractivity contribution in [2.75, 3.05) is 18.0 Å². The first-order valence-corrected chi connectivity index (χ1v) is 10.3. The number of piperidine rings is 1. The van der Waals surface area contributed by atoms with Gasteiger partial charge in [-0.2, -0.15) is 18.2 Å². The molecule has 2 aromatic rings. The third-order valence-corrected chi connectivity index (χ3v) is 6.05. The summed E-state index contributed by atoms with van der Waals surface area (Å²) in [4.78, 5) is 22.1. The second-order valence-electron chi connectivity index (χ2n) is 8.17. The van der Waals surface area contributed by atoms with Crippen LogP contribution in [0.5, 0.6) is 0 Å². The van der Waals surface area contributed by atoms with E-state index in [4.69, 9.17) is 9.26 Å². The molecule has 2 aliphatic rings. The first-order chi connectivity index (χ1) is 14.8. The normalized spacial score (nSPS) is 18.6. The van der Waals surface area contributed by atoms with E-state index in [1.807, 2.05) is 11.8 Å². The zero-order valence-corrected chi connectivity index (χ0v) is 17.1. The molecule has 3 heterocycles. The van der Waals surface area contributed by atoms with E-state index in [0.717, 1.165) is 37.8 Å². The van der Waals surface area contributed by atoms with Gasteiger partial charge in [-0.25, -0.2) is 9.78 Å². The van der Waals surface area contributed by atoms with E-state index in [-0.39, 0.29) is 24.0 Å². The lowest BCUT2D eigenvalue weighted by Gasteiger charge is -2.52. The van der Waals surface area contributed by atoms with E-state index < -0.39 is 17.8 Å². The highest BCUT2D eigenvalue weighted by Gasteiger charge is 2.46. The van der Waals surface area contributed by atoms with Gasteiger partial charge in [0.05, 0.1) is 5.56 Å². The standard InChI is InChI=1S/C20H24F3N5O3/c1-2-15-26-17(31-27-15)12-30-18(29)25-14-10-19(11-14)4-7-28(8-5-19)16-9-13(3-6-24-16)20(21,22)23/h3,6,9,14H,2,4-5,7-8,10-12H2,1H3,(H,25,29). The second kappa shape index (κ2) is 8.35. The van der Waals surface area contributed by atoms with Crippen LogP contribution in [0.1, 0.15) is 49.9 Å². The number of aryl methyl sites for hydroxylation is 1. The zero-order chi connectivity index (χ0) is 22.1. The number of ether oxygens (including phenoxy) is 1. The zero-order valence-electron chi connectivity index (χ0n) is 17.1. The van der Waals surface area contributed by atoms with Crippen LogP contribution in [0, 0.1) is 5.41 Å². The monoisotopic (exact) mass is 439 g/mol. The predicted molar refractivity (Wildman–Crippen MR) is 103 cm³/mol. The van der Waals surface area contributed by atoms with Gasteiger partial charge in [-0.05, 0) is 43.2 Å². The lowest BCUT2D eigenvalue weighted by Crippen LogP contribution is -2.55. The first-order valence-electron chi connectivity index (χ1n) is 10.3. The van der Waals surface area contributed by atoms with E-state index in [9.17, 15) is 18.0 Å². The summed E-state index contributed by atoms with van der Waals surface area (Å²) in [6.45, 7) is 3.11. The second-order valence-corrected chi connectivity index (χ2v) is 8.17. The Bertz CT molecular complexity index is 917. The van der Waals surface area contributed by atoms with Gasteiger partial charge in [0.15, 0.2) is 12.4 Å². The molecule has 2 fully saturated rings. The molecule has 1 saturated heterocycles. The van der Waals surface area contributed by atoms with Crippen molar-refractivity contribution in [3.05, 3.63) is 35.6 Å². The molecule has 1 N–H and O–H groups in total. The molecule has 1 aliphatic carbocycles. The van der Waals surface area contributed by atoms with Crippen molar-refractivity contribution in [1.29, 1.82) is 0 Å². The molecular weight excluding hydrogens is 415 g/mol. The van der Waals surface area contributed by atoms with Crippen LogP contribution in [0.2, 0.25) is 0 Å². The Labute approximate surface area is 177 Å². The quantitative estimate of drug-likeness (QED) is 0.759. The molecule has 0 radical (unpaired) electrons. The minimum Gasteiger partial charge on any atom is -0.439 e. The molecule has 1 aliphatic heterocycles. The Balaban J connectivity index is 1.21. The summed E-state index contributed by atoms with van der Waals surface area (Å²) >= 11 is 0. The van der Waals surface area contributed by atoms with Crippen LogP contribution in [-0.2, 0) is 23.9 Å². The van der Waals surface area contributed by atoms with Crippen LogP contribution in [0.15, 0.2) is 22.9 Å². The number of carbonyl (C=O) groups excluding carboxylic acids is 1. The molecule has 1 amide bonds. The predicted octanol–water partition coefficient (Wildman–Crippen LogP) is 3.72. The van der Waals surface area contributed by atoms with Crippen LogP contribution in [0.3, 0.4) is 0 Å². The van der Waals surface area contributed by atoms with Crippen molar-refractivity contribution < 1.29 is 27.2 Å². The molecule has 11 heteroatoms.